The van der Waals surface area contributed by atoms with E-state index in [2.05, 4.69) is 35.9 Å². The van der Waals surface area contributed by atoms with Gasteiger partial charge in [-0.3, -0.25) is 9.59 Å². The van der Waals surface area contributed by atoms with Gasteiger partial charge in [0.25, 0.3) is 5.91 Å². The number of carbonyl (C=O) groups is 2. The van der Waals surface area contributed by atoms with Crippen molar-refractivity contribution in [1.29, 1.82) is 0 Å². The van der Waals surface area contributed by atoms with E-state index in [1.807, 2.05) is 6.92 Å². The van der Waals surface area contributed by atoms with E-state index in [0.29, 0.717) is 23.8 Å². The first-order chi connectivity index (χ1) is 15.0. The van der Waals surface area contributed by atoms with Crippen LogP contribution in [-0.2, 0) is 17.8 Å². The second kappa shape index (κ2) is 8.38. The van der Waals surface area contributed by atoms with Gasteiger partial charge in [-0.05, 0) is 19.1 Å². The topological polar surface area (TPSA) is 122 Å². The summed E-state index contributed by atoms with van der Waals surface area (Å²) in [4.78, 5) is 40.5. The van der Waals surface area contributed by atoms with Crippen LogP contribution in [0.15, 0.2) is 30.6 Å². The van der Waals surface area contributed by atoms with Gasteiger partial charge in [-0.25, -0.2) is 28.7 Å². The molecule has 4 rings (SSSR count). The Bertz CT molecular complexity index is 1150. The average molecular weight is 425 g/mol. The van der Waals surface area contributed by atoms with Crippen molar-refractivity contribution in [2.45, 2.75) is 19.9 Å². The lowest BCUT2D eigenvalue weighted by Gasteiger charge is -2.12. The van der Waals surface area contributed by atoms with E-state index in [0.717, 1.165) is 12.1 Å². The maximum absolute atomic E-state index is 14.3. The van der Waals surface area contributed by atoms with Gasteiger partial charge >= 0.3 is 0 Å². The SMILES string of the molecule is CCNC(=O)Cc1ncc(Nc2nc(-c3c(F)cccc3F)nc3c2C(=O)NC3)cn1. The molecular formula is C20H17F2N7O2. The zero-order valence-electron chi connectivity index (χ0n) is 16.4. The molecule has 11 heteroatoms. The zero-order valence-corrected chi connectivity index (χ0v) is 16.4. The molecule has 0 radical (unpaired) electrons. The summed E-state index contributed by atoms with van der Waals surface area (Å²) in [5, 5.41) is 8.18. The van der Waals surface area contributed by atoms with Gasteiger partial charge < -0.3 is 16.0 Å². The minimum absolute atomic E-state index is 0.0239. The fourth-order valence-electron chi connectivity index (χ4n) is 3.09. The smallest absolute Gasteiger partial charge is 0.257 e. The van der Waals surface area contributed by atoms with Crippen LogP contribution in [0.25, 0.3) is 11.4 Å². The van der Waals surface area contributed by atoms with Crippen molar-refractivity contribution >= 4 is 23.3 Å². The van der Waals surface area contributed by atoms with E-state index in [-0.39, 0.29) is 41.6 Å². The molecule has 0 fully saturated rings. The van der Waals surface area contributed by atoms with Crippen molar-refractivity contribution < 1.29 is 18.4 Å². The highest BCUT2D eigenvalue weighted by Gasteiger charge is 2.28. The zero-order chi connectivity index (χ0) is 22.0. The second-order valence-electron chi connectivity index (χ2n) is 6.64. The minimum Gasteiger partial charge on any atom is -0.356 e. The Morgan fingerprint density at radius 2 is 1.84 bits per heavy atom. The highest BCUT2D eigenvalue weighted by Crippen LogP contribution is 2.30. The van der Waals surface area contributed by atoms with Crippen molar-refractivity contribution in [3.8, 4) is 11.4 Å². The molecule has 3 heterocycles. The van der Waals surface area contributed by atoms with Crippen molar-refractivity contribution in [2.75, 3.05) is 11.9 Å². The number of hydrogen-bond donors (Lipinski definition) is 3. The Kier molecular flexibility index (Phi) is 5.48. The van der Waals surface area contributed by atoms with Gasteiger partial charge in [0.05, 0.1) is 42.3 Å². The monoisotopic (exact) mass is 425 g/mol. The number of likely N-dealkylation sites (N-methyl/N-ethyl adjacent to an activating group) is 1. The van der Waals surface area contributed by atoms with Crippen molar-refractivity contribution in [3.05, 3.63) is 59.3 Å². The van der Waals surface area contributed by atoms with Crippen LogP contribution in [-0.4, -0.2) is 38.3 Å². The molecule has 2 aromatic heterocycles. The molecule has 2 amide bonds. The summed E-state index contributed by atoms with van der Waals surface area (Å²) in [6.07, 6.45) is 2.87. The number of amides is 2. The Hall–Kier alpha value is -4.02. The van der Waals surface area contributed by atoms with Crippen LogP contribution < -0.4 is 16.0 Å². The predicted molar refractivity (Wildman–Crippen MR) is 106 cm³/mol. The van der Waals surface area contributed by atoms with Gasteiger partial charge in [0.15, 0.2) is 5.82 Å². The van der Waals surface area contributed by atoms with E-state index in [1.54, 1.807) is 0 Å². The van der Waals surface area contributed by atoms with Gasteiger partial charge in [-0.2, -0.15) is 0 Å². The number of nitrogens with zero attached hydrogens (tertiary/aromatic N) is 4. The Balaban J connectivity index is 1.67. The second-order valence-corrected chi connectivity index (χ2v) is 6.64. The first kappa shape index (κ1) is 20.3. The van der Waals surface area contributed by atoms with Gasteiger partial charge in [0.1, 0.15) is 28.8 Å². The maximum Gasteiger partial charge on any atom is 0.257 e. The van der Waals surface area contributed by atoms with E-state index in [1.165, 1.54) is 18.5 Å². The average Bonchev–Trinajstić information content (AvgIpc) is 3.11. The van der Waals surface area contributed by atoms with E-state index < -0.39 is 17.5 Å². The molecule has 1 aliphatic heterocycles. The lowest BCUT2D eigenvalue weighted by molar-refractivity contribution is -0.120. The van der Waals surface area contributed by atoms with Gasteiger partial charge in [-0.15, -0.1) is 0 Å². The summed E-state index contributed by atoms with van der Waals surface area (Å²) < 4.78 is 28.5. The maximum atomic E-state index is 14.3. The van der Waals surface area contributed by atoms with Crippen molar-refractivity contribution in [2.24, 2.45) is 0 Å². The molecular weight excluding hydrogens is 408 g/mol. The number of aromatic nitrogens is 4. The molecule has 0 unspecified atom stereocenters. The van der Waals surface area contributed by atoms with Crippen LogP contribution >= 0.6 is 0 Å². The first-order valence-electron chi connectivity index (χ1n) is 9.44. The van der Waals surface area contributed by atoms with Crippen LogP contribution in [0, 0.1) is 11.6 Å². The summed E-state index contributed by atoms with van der Waals surface area (Å²) in [6.45, 7) is 2.42. The summed E-state index contributed by atoms with van der Waals surface area (Å²) in [7, 11) is 0. The number of rotatable bonds is 6. The molecule has 0 saturated carbocycles. The molecule has 3 N–H and O–H groups in total. The summed E-state index contributed by atoms with van der Waals surface area (Å²) in [5.74, 6) is -2.06. The number of fused-ring (bicyclic) bond motifs is 1. The fourth-order valence-corrected chi connectivity index (χ4v) is 3.09. The van der Waals surface area contributed by atoms with E-state index >= 15 is 0 Å². The first-order valence-corrected chi connectivity index (χ1v) is 9.44. The highest BCUT2D eigenvalue weighted by atomic mass is 19.1. The summed E-state index contributed by atoms with van der Waals surface area (Å²) in [6, 6.07) is 3.45. The van der Waals surface area contributed by atoms with Gasteiger partial charge in [0, 0.05) is 6.54 Å². The minimum atomic E-state index is -0.818. The lowest BCUT2D eigenvalue weighted by Crippen LogP contribution is -2.25. The largest absolute Gasteiger partial charge is 0.356 e. The highest BCUT2D eigenvalue weighted by molar-refractivity contribution is 6.03. The Morgan fingerprint density at radius 3 is 2.52 bits per heavy atom. The number of benzene rings is 1. The molecule has 0 atom stereocenters. The lowest BCUT2D eigenvalue weighted by atomic mass is 10.1. The van der Waals surface area contributed by atoms with Crippen LogP contribution in [0.4, 0.5) is 20.3 Å². The molecule has 1 aromatic carbocycles. The molecule has 31 heavy (non-hydrogen) atoms. The quantitative estimate of drug-likeness (QED) is 0.551. The number of anilines is 2. The summed E-state index contributed by atoms with van der Waals surface area (Å²) in [5.41, 5.74) is 0.474. The van der Waals surface area contributed by atoms with Crippen LogP contribution in [0.5, 0.6) is 0 Å². The third kappa shape index (κ3) is 4.15. The van der Waals surface area contributed by atoms with Crippen LogP contribution in [0.1, 0.15) is 28.8 Å². The third-order valence-electron chi connectivity index (χ3n) is 4.47. The molecule has 0 aliphatic carbocycles. The fraction of sp³-hybridized carbons (Fsp3) is 0.200. The molecule has 0 bridgehead atoms. The number of halogens is 2. The molecule has 0 spiro atoms. The molecule has 0 saturated heterocycles. The standard InChI is InChI=1S/C20H17F2N7O2/c1-2-23-15(30)6-14-24-7-10(8-25-14)27-19-17-13(9-26-20(17)31)28-18(29-19)16-11(21)4-3-5-12(16)22/h3-5,7-8H,2,6,9H2,1H3,(H,23,30)(H,26,31)(H,27,28,29). The van der Waals surface area contributed by atoms with Crippen molar-refractivity contribution in [3.63, 3.8) is 0 Å². The molecule has 9 nitrogen and oxygen atoms in total. The number of hydrogen-bond acceptors (Lipinski definition) is 7. The molecule has 3 aromatic rings. The number of nitrogens with one attached hydrogen (secondary N) is 3. The number of carbonyl (C=O) groups excluding carboxylic acids is 2. The normalized spacial score (nSPS) is 12.3. The predicted octanol–water partition coefficient (Wildman–Crippen LogP) is 1.88. The van der Waals surface area contributed by atoms with Gasteiger partial charge in [0.2, 0.25) is 5.91 Å². The van der Waals surface area contributed by atoms with E-state index in [4.69, 9.17) is 0 Å². The Morgan fingerprint density at radius 1 is 1.13 bits per heavy atom. The van der Waals surface area contributed by atoms with Crippen molar-refractivity contribution in [1.82, 2.24) is 30.6 Å². The van der Waals surface area contributed by atoms with E-state index in [9.17, 15) is 18.4 Å². The van der Waals surface area contributed by atoms with Crippen LogP contribution in [0.3, 0.4) is 0 Å². The van der Waals surface area contributed by atoms with Gasteiger partial charge in [-0.1, -0.05) is 6.07 Å². The summed E-state index contributed by atoms with van der Waals surface area (Å²) >= 11 is 0. The third-order valence-corrected chi connectivity index (χ3v) is 4.47. The molecule has 1 aliphatic rings. The van der Waals surface area contributed by atoms with Crippen LogP contribution in [0.2, 0.25) is 0 Å². The molecule has 158 valence electrons. The Labute approximate surface area is 175 Å².